The maximum atomic E-state index is 13.2. The molecular formula is C25H26ClN5O3. The van der Waals surface area contributed by atoms with Crippen molar-refractivity contribution in [2.24, 2.45) is 5.92 Å². The zero-order chi connectivity index (χ0) is 23.7. The molecule has 0 unspecified atom stereocenters. The van der Waals surface area contributed by atoms with Crippen LogP contribution >= 0.6 is 11.6 Å². The van der Waals surface area contributed by atoms with E-state index in [1.807, 2.05) is 13.0 Å². The van der Waals surface area contributed by atoms with E-state index < -0.39 is 0 Å². The molecule has 2 amide bonds. The molecule has 0 bridgehead atoms. The number of fused-ring (bicyclic) bond motifs is 1. The molecule has 0 radical (unpaired) electrons. The molecular weight excluding hydrogens is 454 g/mol. The predicted molar refractivity (Wildman–Crippen MR) is 127 cm³/mol. The van der Waals surface area contributed by atoms with Crippen molar-refractivity contribution in [2.75, 3.05) is 18.4 Å². The fourth-order valence-electron chi connectivity index (χ4n) is 4.47. The SMILES string of the molecule is Cc1ccc([C@@H]2Cn3nnc(C(=O)N4CCC(C(=O)Nc5cccc(Cl)c5)CC4)c3CO2)cc1. The Kier molecular flexibility index (Phi) is 6.34. The Hall–Kier alpha value is -3.23. The van der Waals surface area contributed by atoms with Crippen LogP contribution in [-0.2, 0) is 22.7 Å². The van der Waals surface area contributed by atoms with Crippen molar-refractivity contribution in [3.63, 3.8) is 0 Å². The zero-order valence-electron chi connectivity index (χ0n) is 18.9. The van der Waals surface area contributed by atoms with Gasteiger partial charge >= 0.3 is 0 Å². The lowest BCUT2D eigenvalue weighted by Crippen LogP contribution is -2.42. The summed E-state index contributed by atoms with van der Waals surface area (Å²) in [7, 11) is 0. The Morgan fingerprint density at radius 1 is 1.12 bits per heavy atom. The number of benzene rings is 2. The number of amides is 2. The summed E-state index contributed by atoms with van der Waals surface area (Å²) in [5.74, 6) is -0.367. The van der Waals surface area contributed by atoms with E-state index in [2.05, 4.69) is 39.9 Å². The van der Waals surface area contributed by atoms with Gasteiger partial charge in [0.05, 0.1) is 18.8 Å². The molecule has 1 fully saturated rings. The van der Waals surface area contributed by atoms with Crippen molar-refractivity contribution in [3.8, 4) is 0 Å². The van der Waals surface area contributed by atoms with E-state index >= 15 is 0 Å². The highest BCUT2D eigenvalue weighted by molar-refractivity contribution is 6.30. The van der Waals surface area contributed by atoms with E-state index in [1.54, 1.807) is 27.8 Å². The highest BCUT2D eigenvalue weighted by Crippen LogP contribution is 2.28. The van der Waals surface area contributed by atoms with Crippen LogP contribution in [0.4, 0.5) is 5.69 Å². The summed E-state index contributed by atoms with van der Waals surface area (Å²) in [5, 5.41) is 11.9. The van der Waals surface area contributed by atoms with Gasteiger partial charge in [-0.05, 0) is 43.5 Å². The summed E-state index contributed by atoms with van der Waals surface area (Å²) in [5.41, 5.74) is 3.99. The first kappa shape index (κ1) is 22.6. The van der Waals surface area contributed by atoms with E-state index in [-0.39, 0.29) is 30.4 Å². The number of halogens is 1. The second-order valence-corrected chi connectivity index (χ2v) is 9.28. The first-order valence-electron chi connectivity index (χ1n) is 11.4. The number of aromatic nitrogens is 3. The van der Waals surface area contributed by atoms with E-state index in [0.717, 1.165) is 5.56 Å². The molecule has 1 aromatic heterocycles. The third kappa shape index (κ3) is 4.69. The fourth-order valence-corrected chi connectivity index (χ4v) is 4.66. The molecule has 2 aliphatic rings. The number of hydrogen-bond acceptors (Lipinski definition) is 5. The van der Waals surface area contributed by atoms with Gasteiger partial charge in [-0.1, -0.05) is 52.7 Å². The van der Waals surface area contributed by atoms with Crippen molar-refractivity contribution in [3.05, 3.63) is 76.1 Å². The van der Waals surface area contributed by atoms with E-state index in [0.29, 0.717) is 54.6 Å². The molecule has 0 saturated carbocycles. The maximum absolute atomic E-state index is 13.2. The molecule has 1 saturated heterocycles. The number of aryl methyl sites for hydroxylation is 1. The van der Waals surface area contributed by atoms with Gasteiger partial charge in [0, 0.05) is 29.7 Å². The number of rotatable bonds is 4. The third-order valence-corrected chi connectivity index (χ3v) is 6.73. The molecule has 3 heterocycles. The van der Waals surface area contributed by atoms with Gasteiger partial charge in [0.2, 0.25) is 5.91 Å². The van der Waals surface area contributed by atoms with Gasteiger partial charge in [0.1, 0.15) is 6.10 Å². The molecule has 34 heavy (non-hydrogen) atoms. The van der Waals surface area contributed by atoms with Crippen molar-refractivity contribution in [1.29, 1.82) is 0 Å². The highest BCUT2D eigenvalue weighted by atomic mass is 35.5. The predicted octanol–water partition coefficient (Wildman–Crippen LogP) is 4.00. The average Bonchev–Trinajstić information content (AvgIpc) is 3.27. The smallest absolute Gasteiger partial charge is 0.276 e. The first-order chi connectivity index (χ1) is 16.5. The lowest BCUT2D eigenvalue weighted by Gasteiger charge is -2.31. The van der Waals surface area contributed by atoms with Crippen LogP contribution < -0.4 is 5.32 Å². The standard InChI is InChI=1S/C25H26ClN5O3/c1-16-5-7-17(8-6-16)22-14-31-21(15-34-22)23(28-29-31)25(33)30-11-9-18(10-12-30)24(32)27-20-4-2-3-19(26)13-20/h2-8,13,18,22H,9-12,14-15H2,1H3,(H,27,32)/t22-/m0/s1. The molecule has 3 aromatic rings. The van der Waals surface area contributed by atoms with Crippen molar-refractivity contribution in [1.82, 2.24) is 19.9 Å². The number of carbonyl (C=O) groups is 2. The van der Waals surface area contributed by atoms with Crippen molar-refractivity contribution < 1.29 is 14.3 Å². The molecule has 1 atom stereocenters. The van der Waals surface area contributed by atoms with Crippen LogP contribution in [0.25, 0.3) is 0 Å². The molecule has 2 aliphatic heterocycles. The Bertz CT molecular complexity index is 1200. The van der Waals surface area contributed by atoms with Gasteiger partial charge in [-0.25, -0.2) is 4.68 Å². The lowest BCUT2D eigenvalue weighted by molar-refractivity contribution is -0.121. The number of anilines is 1. The summed E-state index contributed by atoms with van der Waals surface area (Å²) in [6.45, 7) is 3.83. The maximum Gasteiger partial charge on any atom is 0.276 e. The number of ether oxygens (including phenoxy) is 1. The molecule has 5 rings (SSSR count). The topological polar surface area (TPSA) is 89.4 Å². The average molecular weight is 480 g/mol. The second kappa shape index (κ2) is 9.56. The Balaban J connectivity index is 1.19. The Morgan fingerprint density at radius 2 is 1.88 bits per heavy atom. The van der Waals surface area contributed by atoms with Crippen LogP contribution in [0, 0.1) is 12.8 Å². The quantitative estimate of drug-likeness (QED) is 0.610. The van der Waals surface area contributed by atoms with E-state index in [9.17, 15) is 9.59 Å². The largest absolute Gasteiger partial charge is 0.365 e. The zero-order valence-corrected chi connectivity index (χ0v) is 19.7. The fraction of sp³-hybridized carbons (Fsp3) is 0.360. The van der Waals surface area contributed by atoms with Crippen LogP contribution in [0.2, 0.25) is 5.02 Å². The minimum Gasteiger partial charge on any atom is -0.365 e. The van der Waals surface area contributed by atoms with Gasteiger partial charge in [-0.2, -0.15) is 0 Å². The lowest BCUT2D eigenvalue weighted by atomic mass is 9.95. The van der Waals surface area contributed by atoms with Crippen molar-refractivity contribution >= 4 is 29.1 Å². The molecule has 8 nitrogen and oxygen atoms in total. The Labute approximate surface area is 202 Å². The summed E-state index contributed by atoms with van der Waals surface area (Å²) in [6, 6.07) is 15.3. The number of nitrogens with one attached hydrogen (secondary N) is 1. The molecule has 1 N–H and O–H groups in total. The van der Waals surface area contributed by atoms with E-state index in [1.165, 1.54) is 5.56 Å². The third-order valence-electron chi connectivity index (χ3n) is 6.49. The van der Waals surface area contributed by atoms with Crippen LogP contribution in [0.5, 0.6) is 0 Å². The van der Waals surface area contributed by atoms with Gasteiger partial charge in [-0.3, -0.25) is 9.59 Å². The normalized spacial score (nSPS) is 18.4. The highest BCUT2D eigenvalue weighted by Gasteiger charge is 2.33. The summed E-state index contributed by atoms with van der Waals surface area (Å²) in [6.07, 6.45) is 1.06. The van der Waals surface area contributed by atoms with Gasteiger partial charge < -0.3 is 15.0 Å². The summed E-state index contributed by atoms with van der Waals surface area (Å²) in [4.78, 5) is 27.6. The van der Waals surface area contributed by atoms with Crippen molar-refractivity contribution in [2.45, 2.75) is 39.0 Å². The van der Waals surface area contributed by atoms with Gasteiger partial charge in [0.15, 0.2) is 5.69 Å². The van der Waals surface area contributed by atoms with Crippen LogP contribution in [0.1, 0.15) is 46.3 Å². The van der Waals surface area contributed by atoms with Gasteiger partial charge in [0.25, 0.3) is 5.91 Å². The number of likely N-dealkylation sites (tertiary alicyclic amines) is 1. The van der Waals surface area contributed by atoms with E-state index in [4.69, 9.17) is 16.3 Å². The first-order valence-corrected chi connectivity index (χ1v) is 11.8. The number of piperidine rings is 1. The number of nitrogens with zero attached hydrogens (tertiary/aromatic N) is 4. The molecule has 176 valence electrons. The Morgan fingerprint density at radius 3 is 2.62 bits per heavy atom. The van der Waals surface area contributed by atoms with Gasteiger partial charge in [-0.15, -0.1) is 5.10 Å². The molecule has 9 heteroatoms. The van der Waals surface area contributed by atoms with Crippen LogP contribution in [-0.4, -0.2) is 44.8 Å². The summed E-state index contributed by atoms with van der Waals surface area (Å²) >= 11 is 5.99. The van der Waals surface area contributed by atoms with Crippen LogP contribution in [0.3, 0.4) is 0 Å². The number of carbonyl (C=O) groups excluding carboxylic acids is 2. The molecule has 0 spiro atoms. The number of hydrogen-bond donors (Lipinski definition) is 1. The minimum atomic E-state index is -0.160. The molecule has 2 aromatic carbocycles. The van der Waals surface area contributed by atoms with Crippen LogP contribution in [0.15, 0.2) is 48.5 Å². The monoisotopic (exact) mass is 479 g/mol. The second-order valence-electron chi connectivity index (χ2n) is 8.84. The summed E-state index contributed by atoms with van der Waals surface area (Å²) < 4.78 is 7.82. The molecule has 0 aliphatic carbocycles. The minimum absolute atomic E-state index is 0.0500.